The highest BCUT2D eigenvalue weighted by atomic mass is 16.5. The normalized spacial score (nSPS) is 16.2. The number of carboxylic acids is 1. The van der Waals surface area contributed by atoms with Gasteiger partial charge in [0.2, 0.25) is 5.91 Å². The molecule has 1 atom stereocenters. The summed E-state index contributed by atoms with van der Waals surface area (Å²) in [5, 5.41) is 14.5. The number of allylic oxidation sites excluding steroid dienone is 1. The van der Waals surface area contributed by atoms with Gasteiger partial charge in [0.25, 0.3) is 0 Å². The van der Waals surface area contributed by atoms with Crippen LogP contribution in [0.2, 0.25) is 0 Å². The van der Waals surface area contributed by atoms with Gasteiger partial charge < -0.3 is 20.5 Å². The minimum Gasteiger partial charge on any atom is -0.480 e. The van der Waals surface area contributed by atoms with Crippen LogP contribution in [0.5, 0.6) is 0 Å². The molecule has 166 valence electrons. The molecule has 2 aromatic rings. The molecular formula is C25H26N2O5. The fourth-order valence-corrected chi connectivity index (χ4v) is 4.20. The van der Waals surface area contributed by atoms with E-state index in [0.29, 0.717) is 19.3 Å². The van der Waals surface area contributed by atoms with Gasteiger partial charge >= 0.3 is 12.1 Å². The van der Waals surface area contributed by atoms with Crippen molar-refractivity contribution in [3.8, 4) is 11.1 Å². The van der Waals surface area contributed by atoms with Crippen LogP contribution in [0, 0.1) is 0 Å². The molecule has 1 saturated carbocycles. The highest BCUT2D eigenvalue weighted by molar-refractivity contribution is 5.95. The minimum atomic E-state index is -1.11. The number of carboxylic acid groups (broad SMARTS) is 1. The second kappa shape index (κ2) is 8.86. The summed E-state index contributed by atoms with van der Waals surface area (Å²) in [6.45, 7) is 3.72. The smallest absolute Gasteiger partial charge is 0.408 e. The molecule has 7 nitrogen and oxygen atoms in total. The van der Waals surface area contributed by atoms with Crippen molar-refractivity contribution in [1.29, 1.82) is 0 Å². The molecule has 4 rings (SSSR count). The van der Waals surface area contributed by atoms with Gasteiger partial charge in [-0.25, -0.2) is 9.59 Å². The maximum Gasteiger partial charge on any atom is 0.408 e. The number of nitrogens with one attached hydrogen (secondary N) is 2. The summed E-state index contributed by atoms with van der Waals surface area (Å²) in [7, 11) is 0. The summed E-state index contributed by atoms with van der Waals surface area (Å²) in [4.78, 5) is 36.6. The van der Waals surface area contributed by atoms with Gasteiger partial charge in [0.15, 0.2) is 0 Å². The molecule has 0 heterocycles. The third-order valence-electron chi connectivity index (χ3n) is 6.13. The van der Waals surface area contributed by atoms with Gasteiger partial charge in [-0.3, -0.25) is 4.79 Å². The highest BCUT2D eigenvalue weighted by Gasteiger charge is 2.52. The number of fused-ring (bicyclic) bond motifs is 3. The fraction of sp³-hybridized carbons (Fsp3) is 0.320. The lowest BCUT2D eigenvalue weighted by Crippen LogP contribution is -2.53. The van der Waals surface area contributed by atoms with Gasteiger partial charge in [0.1, 0.15) is 18.2 Å². The number of carbonyl (C=O) groups is 3. The van der Waals surface area contributed by atoms with E-state index < -0.39 is 29.6 Å². The van der Waals surface area contributed by atoms with Crippen molar-refractivity contribution in [2.45, 2.75) is 43.2 Å². The van der Waals surface area contributed by atoms with E-state index in [1.807, 2.05) is 36.4 Å². The summed E-state index contributed by atoms with van der Waals surface area (Å²) < 4.78 is 5.52. The molecular weight excluding hydrogens is 408 g/mol. The molecule has 0 bridgehead atoms. The Bertz CT molecular complexity index is 1010. The van der Waals surface area contributed by atoms with E-state index >= 15 is 0 Å². The molecule has 1 unspecified atom stereocenters. The van der Waals surface area contributed by atoms with Gasteiger partial charge in [-0.1, -0.05) is 54.6 Å². The van der Waals surface area contributed by atoms with Crippen LogP contribution >= 0.6 is 0 Å². The number of amides is 2. The van der Waals surface area contributed by atoms with Crippen molar-refractivity contribution in [1.82, 2.24) is 10.6 Å². The maximum atomic E-state index is 12.7. The highest BCUT2D eigenvalue weighted by Crippen LogP contribution is 2.44. The zero-order valence-corrected chi connectivity index (χ0v) is 17.7. The third kappa shape index (κ3) is 4.23. The lowest BCUT2D eigenvalue weighted by molar-refractivity contribution is -0.142. The molecule has 0 saturated heterocycles. The molecule has 0 radical (unpaired) electrons. The van der Waals surface area contributed by atoms with Crippen molar-refractivity contribution in [3.63, 3.8) is 0 Å². The molecule has 32 heavy (non-hydrogen) atoms. The van der Waals surface area contributed by atoms with E-state index in [4.69, 9.17) is 4.74 Å². The van der Waals surface area contributed by atoms with Crippen molar-refractivity contribution in [2.75, 3.05) is 6.61 Å². The van der Waals surface area contributed by atoms with Gasteiger partial charge in [-0.2, -0.15) is 0 Å². The molecule has 3 N–H and O–H groups in total. The minimum absolute atomic E-state index is 0.0765. The van der Waals surface area contributed by atoms with E-state index in [1.165, 1.54) is 0 Å². The Morgan fingerprint density at radius 1 is 1.09 bits per heavy atom. The Labute approximate surface area is 186 Å². The van der Waals surface area contributed by atoms with Gasteiger partial charge in [0, 0.05) is 5.92 Å². The number of rotatable bonds is 9. The molecule has 2 aliphatic carbocycles. The second-order valence-corrected chi connectivity index (χ2v) is 8.26. The summed E-state index contributed by atoms with van der Waals surface area (Å²) in [5.74, 6) is -1.69. The Morgan fingerprint density at radius 2 is 1.69 bits per heavy atom. The average Bonchev–Trinajstić information content (AvgIpc) is 3.50. The first-order chi connectivity index (χ1) is 15.4. The van der Waals surface area contributed by atoms with Gasteiger partial charge in [-0.15, -0.1) is 6.58 Å². The van der Waals surface area contributed by atoms with E-state index in [1.54, 1.807) is 6.08 Å². The SMILES string of the molecule is C=CCCC(NC(=O)C1(NC(=O)OCC2c3ccccc3-c3ccccc32)CC1)C(=O)O. The van der Waals surface area contributed by atoms with Crippen LogP contribution in [-0.2, 0) is 14.3 Å². The molecule has 2 aromatic carbocycles. The van der Waals surface area contributed by atoms with Crippen LogP contribution in [-0.4, -0.2) is 41.3 Å². The van der Waals surface area contributed by atoms with E-state index in [-0.39, 0.29) is 18.9 Å². The van der Waals surface area contributed by atoms with Crippen molar-refractivity contribution < 1.29 is 24.2 Å². The van der Waals surface area contributed by atoms with Crippen LogP contribution in [0.15, 0.2) is 61.2 Å². The van der Waals surface area contributed by atoms with Crippen LogP contribution < -0.4 is 10.6 Å². The number of carbonyl (C=O) groups excluding carboxylic acids is 2. The van der Waals surface area contributed by atoms with E-state index in [2.05, 4.69) is 29.3 Å². The van der Waals surface area contributed by atoms with Crippen LogP contribution in [0.1, 0.15) is 42.7 Å². The number of ether oxygens (including phenoxy) is 1. The fourth-order valence-electron chi connectivity index (χ4n) is 4.20. The summed E-state index contributed by atoms with van der Waals surface area (Å²) in [5.41, 5.74) is 3.37. The zero-order chi connectivity index (χ0) is 22.7. The predicted molar refractivity (Wildman–Crippen MR) is 119 cm³/mol. The molecule has 7 heteroatoms. The maximum absolute atomic E-state index is 12.7. The first kappa shape index (κ1) is 21.6. The summed E-state index contributed by atoms with van der Waals surface area (Å²) >= 11 is 0. The quantitative estimate of drug-likeness (QED) is 0.523. The molecule has 0 aliphatic heterocycles. The topological polar surface area (TPSA) is 105 Å². The van der Waals surface area contributed by atoms with Crippen molar-refractivity contribution in [2.24, 2.45) is 0 Å². The molecule has 2 aliphatic rings. The van der Waals surface area contributed by atoms with Gasteiger partial charge in [0.05, 0.1) is 0 Å². The summed E-state index contributed by atoms with van der Waals surface area (Å²) in [6.07, 6.45) is 2.50. The molecule has 1 fully saturated rings. The lowest BCUT2D eigenvalue weighted by Gasteiger charge is -2.21. The van der Waals surface area contributed by atoms with Crippen LogP contribution in [0.25, 0.3) is 11.1 Å². The molecule has 2 amide bonds. The van der Waals surface area contributed by atoms with Crippen molar-refractivity contribution in [3.05, 3.63) is 72.3 Å². The number of aliphatic carboxylic acids is 1. The van der Waals surface area contributed by atoms with Crippen LogP contribution in [0.3, 0.4) is 0 Å². The van der Waals surface area contributed by atoms with Crippen LogP contribution in [0.4, 0.5) is 4.79 Å². The Balaban J connectivity index is 1.38. The first-order valence-electron chi connectivity index (χ1n) is 10.7. The summed E-state index contributed by atoms with van der Waals surface area (Å²) in [6, 6.07) is 15.1. The standard InChI is InChI=1S/C25H26N2O5/c1-2-3-12-21(22(28)29)26-23(30)25(13-14-25)27-24(31)32-15-20-18-10-6-4-8-16(18)17-9-5-7-11-19(17)20/h2,4-11,20-21H,1,3,12-15H2,(H,26,30)(H,27,31)(H,28,29). The Morgan fingerprint density at radius 3 is 2.22 bits per heavy atom. The average molecular weight is 434 g/mol. The zero-order valence-electron chi connectivity index (χ0n) is 17.7. The van der Waals surface area contributed by atoms with Crippen molar-refractivity contribution >= 4 is 18.0 Å². The molecule has 0 spiro atoms. The monoisotopic (exact) mass is 434 g/mol. The van der Waals surface area contributed by atoms with E-state index in [9.17, 15) is 19.5 Å². The Hall–Kier alpha value is -3.61. The third-order valence-corrected chi connectivity index (χ3v) is 6.13. The number of hydrogen-bond acceptors (Lipinski definition) is 4. The largest absolute Gasteiger partial charge is 0.480 e. The number of alkyl carbamates (subject to hydrolysis) is 1. The van der Waals surface area contributed by atoms with Gasteiger partial charge in [-0.05, 0) is 47.9 Å². The number of hydrogen-bond donors (Lipinski definition) is 3. The van der Waals surface area contributed by atoms with E-state index in [0.717, 1.165) is 22.3 Å². The molecule has 0 aromatic heterocycles. The number of benzene rings is 2. The first-order valence-corrected chi connectivity index (χ1v) is 10.7. The second-order valence-electron chi connectivity index (χ2n) is 8.26. The predicted octanol–water partition coefficient (Wildman–Crippen LogP) is 3.59. The Kier molecular flexibility index (Phi) is 5.99. The lowest BCUT2D eigenvalue weighted by atomic mass is 9.98.